The Kier molecular flexibility index (Phi) is 4.71. The molecule has 0 aliphatic carbocycles. The Morgan fingerprint density at radius 3 is 2.75 bits per heavy atom. The molecule has 0 radical (unpaired) electrons. The Morgan fingerprint density at radius 2 is 2.19 bits per heavy atom. The van der Waals surface area contributed by atoms with Crippen molar-refractivity contribution in [2.24, 2.45) is 0 Å². The van der Waals surface area contributed by atoms with Crippen LogP contribution in [0.2, 0.25) is 0 Å². The quantitative estimate of drug-likeness (QED) is 0.834. The summed E-state index contributed by atoms with van der Waals surface area (Å²) < 4.78 is 18.5. The third-order valence-corrected chi connectivity index (χ3v) is 2.49. The Bertz CT molecular complexity index is 342. The standard InChI is InChI=1S/C12H18FNO2/c1-9(15)12-10(13)5-4-6-11(12)14(2)7-8-16-3/h4-6,9,15H,7-8H2,1-3H3/t9-/m0/s1. The first-order chi connectivity index (χ1) is 7.57. The summed E-state index contributed by atoms with van der Waals surface area (Å²) in [6, 6.07) is 4.79. The van der Waals surface area contributed by atoms with E-state index in [0.717, 1.165) is 0 Å². The maximum atomic E-state index is 13.6. The maximum Gasteiger partial charge on any atom is 0.131 e. The van der Waals surface area contributed by atoms with Crippen molar-refractivity contribution in [3.63, 3.8) is 0 Å². The van der Waals surface area contributed by atoms with Gasteiger partial charge in [-0.05, 0) is 19.1 Å². The molecule has 1 aromatic rings. The van der Waals surface area contributed by atoms with E-state index >= 15 is 0 Å². The number of ether oxygens (including phenoxy) is 1. The zero-order chi connectivity index (χ0) is 12.1. The van der Waals surface area contributed by atoms with Gasteiger partial charge < -0.3 is 14.7 Å². The number of aliphatic hydroxyl groups is 1. The predicted octanol–water partition coefficient (Wildman–Crippen LogP) is 1.96. The second kappa shape index (κ2) is 5.82. The average molecular weight is 227 g/mol. The highest BCUT2D eigenvalue weighted by atomic mass is 19.1. The first-order valence-corrected chi connectivity index (χ1v) is 5.24. The number of rotatable bonds is 5. The van der Waals surface area contributed by atoms with E-state index in [-0.39, 0.29) is 5.82 Å². The molecule has 1 atom stereocenters. The molecule has 0 amide bonds. The SMILES string of the molecule is COCCN(C)c1cccc(F)c1[C@H](C)O. The van der Waals surface area contributed by atoms with Gasteiger partial charge >= 0.3 is 0 Å². The van der Waals surface area contributed by atoms with Crippen molar-refractivity contribution in [2.75, 3.05) is 32.2 Å². The lowest BCUT2D eigenvalue weighted by molar-refractivity contribution is 0.193. The second-order valence-corrected chi connectivity index (χ2v) is 3.76. The first-order valence-electron chi connectivity index (χ1n) is 5.24. The molecule has 0 aromatic heterocycles. The van der Waals surface area contributed by atoms with Crippen molar-refractivity contribution in [1.82, 2.24) is 0 Å². The van der Waals surface area contributed by atoms with Gasteiger partial charge in [0.25, 0.3) is 0 Å². The van der Waals surface area contributed by atoms with Gasteiger partial charge in [0.05, 0.1) is 12.7 Å². The lowest BCUT2D eigenvalue weighted by atomic mass is 10.1. The van der Waals surface area contributed by atoms with Crippen molar-refractivity contribution in [1.29, 1.82) is 0 Å². The largest absolute Gasteiger partial charge is 0.389 e. The summed E-state index contributed by atoms with van der Waals surface area (Å²) in [6.45, 7) is 2.78. The second-order valence-electron chi connectivity index (χ2n) is 3.76. The molecular formula is C12H18FNO2. The van der Waals surface area contributed by atoms with Gasteiger partial charge in [0.15, 0.2) is 0 Å². The number of hydrogen-bond donors (Lipinski definition) is 1. The first kappa shape index (κ1) is 12.9. The number of methoxy groups -OCH3 is 1. The van der Waals surface area contributed by atoms with Gasteiger partial charge in [-0.25, -0.2) is 4.39 Å². The molecule has 0 aliphatic rings. The number of benzene rings is 1. The number of halogens is 1. The number of hydrogen-bond acceptors (Lipinski definition) is 3. The Hall–Kier alpha value is -1.13. The third-order valence-electron chi connectivity index (χ3n) is 2.49. The van der Waals surface area contributed by atoms with Crippen molar-refractivity contribution < 1.29 is 14.2 Å². The van der Waals surface area contributed by atoms with Crippen LogP contribution in [0.1, 0.15) is 18.6 Å². The molecule has 0 saturated heterocycles. The molecule has 90 valence electrons. The molecule has 0 bridgehead atoms. The molecule has 4 heteroatoms. The van der Waals surface area contributed by atoms with E-state index in [2.05, 4.69) is 0 Å². The van der Waals surface area contributed by atoms with Crippen molar-refractivity contribution in [3.05, 3.63) is 29.6 Å². The number of aliphatic hydroxyl groups excluding tert-OH is 1. The fourth-order valence-corrected chi connectivity index (χ4v) is 1.62. The van der Waals surface area contributed by atoms with Crippen LogP contribution in [0.5, 0.6) is 0 Å². The molecule has 0 spiro atoms. The van der Waals surface area contributed by atoms with Crippen molar-refractivity contribution >= 4 is 5.69 Å². The number of anilines is 1. The van der Waals surface area contributed by atoms with Crippen LogP contribution in [-0.2, 0) is 4.74 Å². The van der Waals surface area contributed by atoms with E-state index in [4.69, 9.17) is 4.74 Å². The summed E-state index contributed by atoms with van der Waals surface area (Å²) in [5.74, 6) is -0.378. The lowest BCUT2D eigenvalue weighted by Crippen LogP contribution is -2.24. The molecule has 0 fully saturated rings. The highest BCUT2D eigenvalue weighted by Gasteiger charge is 2.15. The Morgan fingerprint density at radius 1 is 1.50 bits per heavy atom. The molecule has 1 aromatic carbocycles. The smallest absolute Gasteiger partial charge is 0.131 e. The predicted molar refractivity (Wildman–Crippen MR) is 62.2 cm³/mol. The highest BCUT2D eigenvalue weighted by Crippen LogP contribution is 2.27. The minimum atomic E-state index is -0.818. The van der Waals surface area contributed by atoms with Crippen LogP contribution in [0.4, 0.5) is 10.1 Å². The van der Waals surface area contributed by atoms with Crippen LogP contribution < -0.4 is 4.90 Å². The summed E-state index contributed by atoms with van der Waals surface area (Å²) in [7, 11) is 3.47. The molecule has 1 rings (SSSR count). The molecule has 1 N–H and O–H groups in total. The van der Waals surface area contributed by atoms with Crippen LogP contribution in [0, 0.1) is 5.82 Å². The van der Waals surface area contributed by atoms with Crippen LogP contribution >= 0.6 is 0 Å². The van der Waals surface area contributed by atoms with Crippen LogP contribution in [0.25, 0.3) is 0 Å². The molecule has 0 heterocycles. The molecule has 0 saturated carbocycles. The molecule has 16 heavy (non-hydrogen) atoms. The topological polar surface area (TPSA) is 32.7 Å². The summed E-state index contributed by atoms with van der Waals surface area (Å²) in [5, 5.41) is 9.56. The molecule has 3 nitrogen and oxygen atoms in total. The normalized spacial score (nSPS) is 12.6. The highest BCUT2D eigenvalue weighted by molar-refractivity contribution is 5.54. The van der Waals surface area contributed by atoms with E-state index in [1.807, 2.05) is 11.9 Å². The number of nitrogens with zero attached hydrogens (tertiary/aromatic N) is 1. The fraction of sp³-hybridized carbons (Fsp3) is 0.500. The Labute approximate surface area is 95.5 Å². The van der Waals surface area contributed by atoms with Crippen LogP contribution in [0.3, 0.4) is 0 Å². The van der Waals surface area contributed by atoms with E-state index in [9.17, 15) is 9.50 Å². The maximum absolute atomic E-state index is 13.6. The van der Waals surface area contributed by atoms with Gasteiger partial charge in [-0.2, -0.15) is 0 Å². The van der Waals surface area contributed by atoms with E-state index < -0.39 is 6.10 Å². The van der Waals surface area contributed by atoms with Gasteiger partial charge in [0.1, 0.15) is 5.82 Å². The van der Waals surface area contributed by atoms with Crippen molar-refractivity contribution in [2.45, 2.75) is 13.0 Å². The summed E-state index contributed by atoms with van der Waals surface area (Å²) >= 11 is 0. The zero-order valence-corrected chi connectivity index (χ0v) is 9.90. The molecular weight excluding hydrogens is 209 g/mol. The van der Waals surface area contributed by atoms with Gasteiger partial charge in [0.2, 0.25) is 0 Å². The van der Waals surface area contributed by atoms with Crippen LogP contribution in [-0.4, -0.2) is 32.4 Å². The average Bonchev–Trinajstić information content (AvgIpc) is 2.24. The summed E-state index contributed by atoms with van der Waals surface area (Å²) in [4.78, 5) is 1.87. The Balaban J connectivity index is 2.98. The van der Waals surface area contributed by atoms with Crippen molar-refractivity contribution in [3.8, 4) is 0 Å². The molecule has 0 unspecified atom stereocenters. The summed E-state index contributed by atoms with van der Waals surface area (Å²) in [6.07, 6.45) is -0.818. The van der Waals surface area contributed by atoms with E-state index in [0.29, 0.717) is 24.4 Å². The van der Waals surface area contributed by atoms with Gasteiger partial charge in [0, 0.05) is 32.0 Å². The third kappa shape index (κ3) is 2.93. The van der Waals surface area contributed by atoms with Crippen LogP contribution in [0.15, 0.2) is 18.2 Å². The van der Waals surface area contributed by atoms with Gasteiger partial charge in [-0.15, -0.1) is 0 Å². The summed E-state index contributed by atoms with van der Waals surface area (Å²) in [5.41, 5.74) is 1.04. The van der Waals surface area contributed by atoms with Gasteiger partial charge in [-0.3, -0.25) is 0 Å². The number of likely N-dealkylation sites (N-methyl/N-ethyl adjacent to an activating group) is 1. The van der Waals surface area contributed by atoms with Gasteiger partial charge in [-0.1, -0.05) is 6.07 Å². The fourth-order valence-electron chi connectivity index (χ4n) is 1.62. The minimum Gasteiger partial charge on any atom is -0.389 e. The zero-order valence-electron chi connectivity index (χ0n) is 9.90. The molecule has 0 aliphatic heterocycles. The van der Waals surface area contributed by atoms with E-state index in [1.165, 1.54) is 6.07 Å². The minimum absolute atomic E-state index is 0.334. The monoisotopic (exact) mass is 227 g/mol. The van der Waals surface area contributed by atoms with E-state index in [1.54, 1.807) is 26.2 Å². The lowest BCUT2D eigenvalue weighted by Gasteiger charge is -2.23.